The fourth-order valence-electron chi connectivity index (χ4n) is 3.08. The Morgan fingerprint density at radius 2 is 1.74 bits per heavy atom. The molecule has 0 saturated carbocycles. The van der Waals surface area contributed by atoms with Gasteiger partial charge in [-0.05, 0) is 35.9 Å². The molecule has 0 saturated heterocycles. The fraction of sp³-hybridized carbons (Fsp3) is 0.227. The monoisotopic (exact) mass is 426 g/mol. The first kappa shape index (κ1) is 21.7. The molecule has 0 radical (unpaired) electrons. The molecule has 0 unspecified atom stereocenters. The molecule has 162 valence electrons. The molecule has 0 atom stereocenters. The molecule has 1 heterocycles. The summed E-state index contributed by atoms with van der Waals surface area (Å²) >= 11 is 0. The van der Waals surface area contributed by atoms with Gasteiger partial charge in [0.05, 0.1) is 32.7 Å². The minimum Gasteiger partial charge on any atom is -0.493 e. The molecule has 3 rings (SSSR count). The van der Waals surface area contributed by atoms with E-state index < -0.39 is 18.5 Å². The van der Waals surface area contributed by atoms with Crippen LogP contribution in [0.1, 0.15) is 5.56 Å². The molecule has 0 spiro atoms. The minimum absolute atomic E-state index is 0.144. The van der Waals surface area contributed by atoms with Gasteiger partial charge in [0, 0.05) is 6.08 Å². The van der Waals surface area contributed by atoms with Gasteiger partial charge in [-0.2, -0.15) is 0 Å². The van der Waals surface area contributed by atoms with Gasteiger partial charge in [0.15, 0.2) is 18.1 Å². The maximum absolute atomic E-state index is 12.5. The van der Waals surface area contributed by atoms with E-state index in [1.165, 1.54) is 38.4 Å². The number of nitrogens with one attached hydrogen (secondary N) is 1. The summed E-state index contributed by atoms with van der Waals surface area (Å²) in [6, 6.07) is 10.2. The second-order valence-electron chi connectivity index (χ2n) is 6.44. The van der Waals surface area contributed by atoms with Crippen molar-refractivity contribution in [2.45, 2.75) is 0 Å². The van der Waals surface area contributed by atoms with Gasteiger partial charge in [0.2, 0.25) is 11.7 Å². The zero-order valence-electron chi connectivity index (χ0n) is 17.3. The second-order valence-corrected chi connectivity index (χ2v) is 6.44. The lowest BCUT2D eigenvalue weighted by molar-refractivity contribution is -0.143. The number of benzene rings is 2. The summed E-state index contributed by atoms with van der Waals surface area (Å²) in [5.74, 6) is -0.227. The Hall–Kier alpha value is -4.01. The summed E-state index contributed by atoms with van der Waals surface area (Å²) in [6.45, 7) is -0.644. The number of esters is 1. The highest BCUT2D eigenvalue weighted by atomic mass is 16.5. The average molecular weight is 426 g/mol. The number of anilines is 2. The van der Waals surface area contributed by atoms with Crippen molar-refractivity contribution in [2.24, 2.45) is 0 Å². The Balaban J connectivity index is 1.65. The zero-order valence-corrected chi connectivity index (χ0v) is 17.3. The van der Waals surface area contributed by atoms with Gasteiger partial charge < -0.3 is 24.3 Å². The minimum atomic E-state index is -0.711. The SMILES string of the molecule is COc1cc(C=CC(=O)OCC(=O)N2CC(=O)Nc3ccccc32)cc(OC)c1OC. The highest BCUT2D eigenvalue weighted by molar-refractivity contribution is 6.10. The summed E-state index contributed by atoms with van der Waals surface area (Å²) in [4.78, 5) is 37.7. The van der Waals surface area contributed by atoms with Crippen LogP contribution in [0.5, 0.6) is 17.2 Å². The number of para-hydroxylation sites is 2. The molecular weight excluding hydrogens is 404 g/mol. The smallest absolute Gasteiger partial charge is 0.331 e. The molecule has 0 bridgehead atoms. The van der Waals surface area contributed by atoms with Gasteiger partial charge >= 0.3 is 5.97 Å². The lowest BCUT2D eigenvalue weighted by Crippen LogP contribution is -2.43. The van der Waals surface area contributed by atoms with Gasteiger partial charge in [0.1, 0.15) is 6.54 Å². The molecule has 31 heavy (non-hydrogen) atoms. The Morgan fingerprint density at radius 3 is 2.39 bits per heavy atom. The molecule has 0 fully saturated rings. The van der Waals surface area contributed by atoms with Crippen molar-refractivity contribution in [2.75, 3.05) is 44.7 Å². The molecule has 9 heteroatoms. The van der Waals surface area contributed by atoms with Crippen molar-refractivity contribution in [1.29, 1.82) is 0 Å². The van der Waals surface area contributed by atoms with Gasteiger partial charge in [0.25, 0.3) is 5.91 Å². The van der Waals surface area contributed by atoms with Crippen LogP contribution in [0.15, 0.2) is 42.5 Å². The lowest BCUT2D eigenvalue weighted by Gasteiger charge is -2.28. The Morgan fingerprint density at radius 1 is 1.06 bits per heavy atom. The highest BCUT2D eigenvalue weighted by Crippen LogP contribution is 2.38. The van der Waals surface area contributed by atoms with Crippen LogP contribution in [0.25, 0.3) is 6.08 Å². The maximum atomic E-state index is 12.5. The van der Waals surface area contributed by atoms with Crippen LogP contribution in [0.2, 0.25) is 0 Å². The predicted octanol–water partition coefficient (Wildman–Crippen LogP) is 2.25. The van der Waals surface area contributed by atoms with Gasteiger partial charge in [-0.1, -0.05) is 12.1 Å². The summed E-state index contributed by atoms with van der Waals surface area (Å²) in [5.41, 5.74) is 1.69. The normalized spacial score (nSPS) is 12.7. The number of ether oxygens (including phenoxy) is 4. The van der Waals surface area contributed by atoms with E-state index in [0.717, 1.165) is 0 Å². The number of hydrogen-bond donors (Lipinski definition) is 1. The van der Waals surface area contributed by atoms with E-state index in [-0.39, 0.29) is 12.5 Å². The van der Waals surface area contributed by atoms with Gasteiger partial charge in [-0.25, -0.2) is 4.79 Å². The third-order valence-corrected chi connectivity index (χ3v) is 4.51. The summed E-state index contributed by atoms with van der Waals surface area (Å²) in [5, 5.41) is 2.69. The third kappa shape index (κ3) is 4.95. The average Bonchev–Trinajstić information content (AvgIpc) is 2.79. The van der Waals surface area contributed by atoms with Gasteiger partial charge in [-0.15, -0.1) is 0 Å². The first-order valence-corrected chi connectivity index (χ1v) is 9.31. The van der Waals surface area contributed by atoms with Crippen molar-refractivity contribution in [1.82, 2.24) is 0 Å². The number of nitrogens with zero attached hydrogens (tertiary/aromatic N) is 1. The lowest BCUT2D eigenvalue weighted by atomic mass is 10.1. The molecule has 2 amide bonds. The van der Waals surface area contributed by atoms with Crippen molar-refractivity contribution in [3.63, 3.8) is 0 Å². The second kappa shape index (κ2) is 9.66. The summed E-state index contributed by atoms with van der Waals surface area (Å²) < 4.78 is 20.9. The molecule has 1 N–H and O–H groups in total. The molecule has 1 aliphatic rings. The zero-order chi connectivity index (χ0) is 22.4. The largest absolute Gasteiger partial charge is 0.493 e. The van der Waals surface area contributed by atoms with E-state index in [9.17, 15) is 14.4 Å². The van der Waals surface area contributed by atoms with E-state index >= 15 is 0 Å². The number of hydrogen-bond acceptors (Lipinski definition) is 7. The first-order valence-electron chi connectivity index (χ1n) is 9.31. The van der Waals surface area contributed by atoms with Crippen LogP contribution in [-0.4, -0.2) is 52.3 Å². The standard InChI is InChI=1S/C22H22N2O7/c1-28-17-10-14(11-18(29-2)22(17)30-3)8-9-21(27)31-13-20(26)24-12-19(25)23-15-6-4-5-7-16(15)24/h4-11H,12-13H2,1-3H3,(H,23,25). The number of methoxy groups -OCH3 is 3. The summed E-state index contributed by atoms with van der Waals surface area (Å²) in [6.07, 6.45) is 2.69. The van der Waals surface area contributed by atoms with Crippen LogP contribution < -0.4 is 24.4 Å². The van der Waals surface area contributed by atoms with E-state index in [1.807, 2.05) is 0 Å². The number of carbonyl (C=O) groups is 3. The number of amides is 2. The van der Waals surface area contributed by atoms with E-state index in [2.05, 4.69) is 5.32 Å². The summed E-state index contributed by atoms with van der Waals surface area (Å²) in [7, 11) is 4.47. The Kier molecular flexibility index (Phi) is 6.76. The molecule has 0 aliphatic carbocycles. The van der Waals surface area contributed by atoms with Crippen molar-refractivity contribution in [3.05, 3.63) is 48.0 Å². The van der Waals surface area contributed by atoms with E-state index in [1.54, 1.807) is 36.4 Å². The molecular formula is C22H22N2O7. The van der Waals surface area contributed by atoms with Gasteiger partial charge in [-0.3, -0.25) is 14.5 Å². The maximum Gasteiger partial charge on any atom is 0.331 e. The van der Waals surface area contributed by atoms with Crippen LogP contribution in [0.3, 0.4) is 0 Å². The molecule has 1 aliphatic heterocycles. The van der Waals surface area contributed by atoms with Crippen LogP contribution in [0, 0.1) is 0 Å². The van der Waals surface area contributed by atoms with Crippen LogP contribution in [0.4, 0.5) is 11.4 Å². The van der Waals surface area contributed by atoms with Crippen molar-refractivity contribution < 1.29 is 33.3 Å². The van der Waals surface area contributed by atoms with E-state index in [0.29, 0.717) is 34.2 Å². The molecule has 0 aromatic heterocycles. The number of fused-ring (bicyclic) bond motifs is 1. The molecule has 2 aromatic rings. The molecule has 9 nitrogen and oxygen atoms in total. The molecule has 2 aromatic carbocycles. The Labute approximate surface area is 179 Å². The number of carbonyl (C=O) groups excluding carboxylic acids is 3. The topological polar surface area (TPSA) is 103 Å². The van der Waals surface area contributed by atoms with E-state index in [4.69, 9.17) is 18.9 Å². The third-order valence-electron chi connectivity index (χ3n) is 4.51. The highest BCUT2D eigenvalue weighted by Gasteiger charge is 2.27. The number of rotatable bonds is 7. The van der Waals surface area contributed by atoms with Crippen LogP contribution in [-0.2, 0) is 19.1 Å². The quantitative estimate of drug-likeness (QED) is 0.535. The van der Waals surface area contributed by atoms with Crippen molar-refractivity contribution >= 4 is 35.2 Å². The fourth-order valence-corrected chi connectivity index (χ4v) is 3.08. The first-order chi connectivity index (χ1) is 15.0. The predicted molar refractivity (Wildman–Crippen MR) is 114 cm³/mol. The Bertz CT molecular complexity index is 1010. The van der Waals surface area contributed by atoms with Crippen LogP contribution >= 0.6 is 0 Å². The van der Waals surface area contributed by atoms with Crippen molar-refractivity contribution in [3.8, 4) is 17.2 Å².